The van der Waals surface area contributed by atoms with E-state index in [9.17, 15) is 9.59 Å². The van der Waals surface area contributed by atoms with Crippen molar-refractivity contribution in [3.05, 3.63) is 23.8 Å². The first-order chi connectivity index (χ1) is 9.63. The predicted molar refractivity (Wildman–Crippen MR) is 89.4 cm³/mol. The Morgan fingerprint density at radius 2 is 1.70 bits per heavy atom. The summed E-state index contributed by atoms with van der Waals surface area (Å²) in [5, 5.41) is 5.52. The van der Waals surface area contributed by atoms with Crippen LogP contribution in [0.25, 0.3) is 0 Å². The van der Waals surface area contributed by atoms with Crippen molar-refractivity contribution in [2.24, 2.45) is 0 Å². The molecule has 0 unspecified atom stereocenters. The van der Waals surface area contributed by atoms with Gasteiger partial charge in [0.1, 0.15) is 6.17 Å². The number of ether oxygens (including phenoxy) is 2. The van der Waals surface area contributed by atoms with Gasteiger partial charge in [0, 0.05) is 0 Å². The van der Waals surface area contributed by atoms with Crippen LogP contribution < -0.4 is 20.1 Å². The zero-order chi connectivity index (χ0) is 14.5. The van der Waals surface area contributed by atoms with Gasteiger partial charge in [0.2, 0.25) is 18.6 Å². The molecule has 20 heavy (non-hydrogen) atoms. The third-order valence-electron chi connectivity index (χ3n) is 2.58. The Kier molecular flexibility index (Phi) is 5.69. The van der Waals surface area contributed by atoms with Crippen LogP contribution >= 0.6 is 45.2 Å². The molecule has 2 rings (SSSR count). The Labute approximate surface area is 143 Å². The van der Waals surface area contributed by atoms with Crippen molar-refractivity contribution in [3.63, 3.8) is 0 Å². The van der Waals surface area contributed by atoms with Crippen LogP contribution in [0.1, 0.15) is 11.7 Å². The Morgan fingerprint density at radius 1 is 1.10 bits per heavy atom. The van der Waals surface area contributed by atoms with Crippen LogP contribution in [-0.4, -0.2) is 27.5 Å². The van der Waals surface area contributed by atoms with Gasteiger partial charge in [-0.25, -0.2) is 0 Å². The number of hydrogen-bond donors (Lipinski definition) is 2. The molecular formula is C12H12I2N2O4. The number of benzene rings is 1. The first kappa shape index (κ1) is 15.6. The van der Waals surface area contributed by atoms with E-state index >= 15 is 0 Å². The Bertz CT molecular complexity index is 506. The molecule has 0 radical (unpaired) electrons. The fourth-order valence-corrected chi connectivity index (χ4v) is 2.13. The molecule has 108 valence electrons. The highest BCUT2D eigenvalue weighted by atomic mass is 127. The normalized spacial score (nSPS) is 12.3. The average Bonchev–Trinajstić information content (AvgIpc) is 2.93. The second kappa shape index (κ2) is 7.29. The molecular weight excluding hydrogens is 490 g/mol. The minimum absolute atomic E-state index is 0.151. The summed E-state index contributed by atoms with van der Waals surface area (Å²) in [7, 11) is 0. The van der Waals surface area contributed by atoms with E-state index < -0.39 is 6.17 Å². The largest absolute Gasteiger partial charge is 0.454 e. The Morgan fingerprint density at radius 3 is 2.30 bits per heavy atom. The van der Waals surface area contributed by atoms with E-state index in [0.29, 0.717) is 20.4 Å². The number of hydrogen-bond acceptors (Lipinski definition) is 4. The van der Waals surface area contributed by atoms with E-state index in [0.717, 1.165) is 5.56 Å². The van der Waals surface area contributed by atoms with Crippen LogP contribution in [0.2, 0.25) is 0 Å². The van der Waals surface area contributed by atoms with Gasteiger partial charge in [-0.05, 0) is 17.7 Å². The second-order valence-electron chi connectivity index (χ2n) is 3.95. The lowest BCUT2D eigenvalue weighted by atomic mass is 10.1. The maximum Gasteiger partial charge on any atom is 0.231 e. The minimum Gasteiger partial charge on any atom is -0.454 e. The van der Waals surface area contributed by atoms with Crippen LogP contribution in [0.5, 0.6) is 11.5 Å². The molecule has 1 aromatic carbocycles. The van der Waals surface area contributed by atoms with Gasteiger partial charge in [0.15, 0.2) is 11.5 Å². The first-order valence-electron chi connectivity index (χ1n) is 5.74. The molecule has 0 aromatic heterocycles. The number of nitrogens with one attached hydrogen (secondary N) is 2. The van der Waals surface area contributed by atoms with E-state index in [-0.39, 0.29) is 18.6 Å². The van der Waals surface area contributed by atoms with Crippen molar-refractivity contribution in [3.8, 4) is 11.5 Å². The van der Waals surface area contributed by atoms with Crippen LogP contribution in [0.15, 0.2) is 18.2 Å². The summed E-state index contributed by atoms with van der Waals surface area (Å²) < 4.78 is 11.2. The van der Waals surface area contributed by atoms with Gasteiger partial charge in [-0.2, -0.15) is 0 Å². The highest BCUT2D eigenvalue weighted by Gasteiger charge is 2.20. The molecule has 0 fully saturated rings. The predicted octanol–water partition coefficient (Wildman–Crippen LogP) is 1.52. The summed E-state index contributed by atoms with van der Waals surface area (Å²) >= 11 is 3.94. The number of carbonyl (C=O) groups excluding carboxylic acids is 2. The van der Waals surface area contributed by atoms with Crippen molar-refractivity contribution in [1.82, 2.24) is 10.6 Å². The highest BCUT2D eigenvalue weighted by Crippen LogP contribution is 2.33. The monoisotopic (exact) mass is 502 g/mol. The summed E-state index contributed by atoms with van der Waals surface area (Å²) in [6.45, 7) is 0.184. The summed E-state index contributed by atoms with van der Waals surface area (Å²) in [6.07, 6.45) is -0.575. The molecule has 0 atom stereocenters. The van der Waals surface area contributed by atoms with Crippen LogP contribution in [0.4, 0.5) is 0 Å². The fraction of sp³-hybridized carbons (Fsp3) is 0.333. The van der Waals surface area contributed by atoms with Crippen molar-refractivity contribution < 1.29 is 19.1 Å². The van der Waals surface area contributed by atoms with E-state index in [2.05, 4.69) is 10.6 Å². The summed E-state index contributed by atoms with van der Waals surface area (Å²) in [5.41, 5.74) is 0.741. The van der Waals surface area contributed by atoms with Gasteiger partial charge < -0.3 is 20.1 Å². The van der Waals surface area contributed by atoms with Gasteiger partial charge in [-0.3, -0.25) is 9.59 Å². The number of alkyl halides is 2. The van der Waals surface area contributed by atoms with Gasteiger partial charge in [0.05, 0.1) is 8.86 Å². The molecule has 2 amide bonds. The van der Waals surface area contributed by atoms with Gasteiger partial charge >= 0.3 is 0 Å². The molecule has 0 bridgehead atoms. The number of amides is 2. The second-order valence-corrected chi connectivity index (χ2v) is 5.47. The number of rotatable bonds is 5. The van der Waals surface area contributed by atoms with Gasteiger partial charge in [-0.15, -0.1) is 0 Å². The minimum atomic E-state index is -0.575. The zero-order valence-electron chi connectivity index (χ0n) is 10.3. The maximum absolute atomic E-state index is 11.6. The lowest BCUT2D eigenvalue weighted by Crippen LogP contribution is -2.41. The van der Waals surface area contributed by atoms with E-state index in [1.807, 2.05) is 45.2 Å². The molecule has 1 heterocycles. The van der Waals surface area contributed by atoms with Crippen molar-refractivity contribution in [1.29, 1.82) is 0 Å². The smallest absolute Gasteiger partial charge is 0.231 e. The zero-order valence-corrected chi connectivity index (χ0v) is 14.6. The molecule has 6 nitrogen and oxygen atoms in total. The molecule has 1 aromatic rings. The lowest BCUT2D eigenvalue weighted by Gasteiger charge is -2.20. The molecule has 0 aliphatic carbocycles. The van der Waals surface area contributed by atoms with Gasteiger partial charge in [0.25, 0.3) is 0 Å². The molecule has 0 saturated heterocycles. The summed E-state index contributed by atoms with van der Waals surface area (Å²) in [6, 6.07) is 5.31. The van der Waals surface area contributed by atoms with Crippen LogP contribution in [0, 0.1) is 0 Å². The quantitative estimate of drug-likeness (QED) is 0.364. The van der Waals surface area contributed by atoms with Crippen molar-refractivity contribution in [2.45, 2.75) is 6.17 Å². The lowest BCUT2D eigenvalue weighted by molar-refractivity contribution is -0.121. The molecule has 0 spiro atoms. The van der Waals surface area contributed by atoms with Crippen LogP contribution in [0.3, 0.4) is 0 Å². The highest BCUT2D eigenvalue weighted by molar-refractivity contribution is 14.1. The standard InChI is InChI=1S/C12H12I2N2O4/c13-4-10(17)15-12(16-11(18)5-14)7-1-2-8-9(3-7)20-6-19-8/h1-3,12H,4-6H2,(H,15,17)(H,16,18). The average molecular weight is 502 g/mol. The Balaban J connectivity index is 2.20. The third-order valence-corrected chi connectivity index (χ3v) is 3.97. The molecule has 1 aliphatic rings. The van der Waals surface area contributed by atoms with Crippen LogP contribution in [-0.2, 0) is 9.59 Å². The summed E-state index contributed by atoms with van der Waals surface area (Å²) in [4.78, 5) is 23.1. The van der Waals surface area contributed by atoms with E-state index in [1.54, 1.807) is 18.2 Å². The molecule has 2 N–H and O–H groups in total. The van der Waals surface area contributed by atoms with Gasteiger partial charge in [-0.1, -0.05) is 51.2 Å². The fourth-order valence-electron chi connectivity index (χ4n) is 1.69. The SMILES string of the molecule is O=C(CI)NC(NC(=O)CI)c1ccc2c(c1)OCO2. The Hall–Kier alpha value is -0.780. The molecule has 0 saturated carbocycles. The number of fused-ring (bicyclic) bond motifs is 1. The topological polar surface area (TPSA) is 76.7 Å². The maximum atomic E-state index is 11.6. The number of carbonyl (C=O) groups is 2. The van der Waals surface area contributed by atoms with Crippen molar-refractivity contribution in [2.75, 3.05) is 15.6 Å². The summed E-state index contributed by atoms with van der Waals surface area (Å²) in [5.74, 6) is 0.969. The first-order valence-corrected chi connectivity index (χ1v) is 8.79. The van der Waals surface area contributed by atoms with E-state index in [4.69, 9.17) is 9.47 Å². The van der Waals surface area contributed by atoms with Crippen molar-refractivity contribution >= 4 is 57.0 Å². The molecule has 1 aliphatic heterocycles. The van der Waals surface area contributed by atoms with E-state index in [1.165, 1.54) is 0 Å². The molecule has 8 heteroatoms. The number of halogens is 2. The third kappa shape index (κ3) is 3.87.